The minimum Gasteiger partial charge on any atom is -0.295 e. The zero-order valence-electron chi connectivity index (χ0n) is 9.07. The minimum atomic E-state index is 0.720. The van der Waals surface area contributed by atoms with Gasteiger partial charge < -0.3 is 0 Å². The van der Waals surface area contributed by atoms with Crippen LogP contribution in [0.25, 0.3) is 0 Å². The summed E-state index contributed by atoms with van der Waals surface area (Å²) in [4.78, 5) is 4.21. The molecule has 14 heavy (non-hydrogen) atoms. The molecule has 78 valence electrons. The molecule has 0 unspecified atom stereocenters. The molecule has 1 aliphatic heterocycles. The highest BCUT2D eigenvalue weighted by Gasteiger charge is 2.26. The van der Waals surface area contributed by atoms with E-state index < -0.39 is 0 Å². The van der Waals surface area contributed by atoms with Crippen LogP contribution >= 0.6 is 11.3 Å². The lowest BCUT2D eigenvalue weighted by Gasteiger charge is -2.25. The zero-order chi connectivity index (χ0) is 9.97. The second-order valence-corrected chi connectivity index (χ2v) is 5.54. The number of rotatable bonds is 3. The predicted octanol–water partition coefficient (Wildman–Crippen LogP) is 3.54. The van der Waals surface area contributed by atoms with Crippen molar-refractivity contribution >= 4 is 11.3 Å². The van der Waals surface area contributed by atoms with Crippen LogP contribution < -0.4 is 0 Å². The summed E-state index contributed by atoms with van der Waals surface area (Å²) >= 11 is 1.91. The largest absolute Gasteiger partial charge is 0.295 e. The van der Waals surface area contributed by atoms with Gasteiger partial charge in [-0.3, -0.25) is 4.90 Å². The maximum Gasteiger partial charge on any atom is 0.0442 e. The molecule has 2 heteroatoms. The van der Waals surface area contributed by atoms with Gasteiger partial charge in [0, 0.05) is 17.5 Å². The fourth-order valence-corrected chi connectivity index (χ4v) is 3.21. The number of nitrogens with zero attached hydrogens (tertiary/aromatic N) is 1. The van der Waals surface area contributed by atoms with Crippen molar-refractivity contribution in [3.05, 3.63) is 22.4 Å². The van der Waals surface area contributed by atoms with Crippen molar-refractivity contribution in [1.29, 1.82) is 0 Å². The van der Waals surface area contributed by atoms with Gasteiger partial charge in [-0.15, -0.1) is 11.3 Å². The second kappa shape index (κ2) is 4.45. The van der Waals surface area contributed by atoms with Gasteiger partial charge in [0.2, 0.25) is 0 Å². The third-order valence-electron chi connectivity index (χ3n) is 2.83. The van der Waals surface area contributed by atoms with E-state index in [4.69, 9.17) is 0 Å². The Balaban J connectivity index is 2.04. The van der Waals surface area contributed by atoms with Gasteiger partial charge in [0.15, 0.2) is 0 Å². The lowest BCUT2D eigenvalue weighted by molar-refractivity contribution is 0.231. The maximum atomic E-state index is 2.65. The molecule has 1 aliphatic rings. The Morgan fingerprint density at radius 1 is 1.57 bits per heavy atom. The van der Waals surface area contributed by atoms with Crippen molar-refractivity contribution in [3.63, 3.8) is 0 Å². The van der Waals surface area contributed by atoms with Gasteiger partial charge >= 0.3 is 0 Å². The Bertz CT molecular complexity index is 266. The van der Waals surface area contributed by atoms with Crippen LogP contribution in [0.5, 0.6) is 0 Å². The molecule has 0 radical (unpaired) electrons. The molecule has 0 aromatic carbocycles. The predicted molar refractivity (Wildman–Crippen MR) is 62.7 cm³/mol. The fraction of sp³-hybridized carbons (Fsp3) is 0.667. The monoisotopic (exact) mass is 209 g/mol. The first-order valence-electron chi connectivity index (χ1n) is 5.55. The first kappa shape index (κ1) is 10.2. The highest BCUT2D eigenvalue weighted by atomic mass is 32.1. The van der Waals surface area contributed by atoms with E-state index in [1.165, 1.54) is 25.9 Å². The van der Waals surface area contributed by atoms with E-state index in [-0.39, 0.29) is 0 Å². The lowest BCUT2D eigenvalue weighted by Crippen LogP contribution is -2.26. The van der Waals surface area contributed by atoms with Crippen LogP contribution in [0.4, 0.5) is 0 Å². The first-order chi connectivity index (χ1) is 6.77. The van der Waals surface area contributed by atoms with E-state index in [1.807, 2.05) is 11.3 Å². The van der Waals surface area contributed by atoms with Crippen LogP contribution in [0.3, 0.4) is 0 Å². The molecular formula is C12H19NS. The third-order valence-corrected chi connectivity index (χ3v) is 3.81. The lowest BCUT2D eigenvalue weighted by atomic mass is 10.1. The molecule has 0 aliphatic carbocycles. The Morgan fingerprint density at radius 3 is 3.07 bits per heavy atom. The van der Waals surface area contributed by atoms with Gasteiger partial charge in [0.1, 0.15) is 0 Å². The number of likely N-dealkylation sites (tertiary alicyclic amines) is 1. The quantitative estimate of drug-likeness (QED) is 0.736. The summed E-state index contributed by atoms with van der Waals surface area (Å²) in [6, 6.07) is 5.18. The molecule has 0 bridgehead atoms. The van der Waals surface area contributed by atoms with Gasteiger partial charge in [0.25, 0.3) is 0 Å². The van der Waals surface area contributed by atoms with Crippen LogP contribution in [0.2, 0.25) is 0 Å². The molecule has 2 rings (SSSR count). The van der Waals surface area contributed by atoms with Crippen LogP contribution in [0.15, 0.2) is 17.5 Å². The average molecular weight is 209 g/mol. The van der Waals surface area contributed by atoms with Crippen LogP contribution in [0.1, 0.15) is 37.6 Å². The number of hydrogen-bond acceptors (Lipinski definition) is 2. The van der Waals surface area contributed by atoms with Gasteiger partial charge in [-0.25, -0.2) is 0 Å². The molecule has 0 amide bonds. The minimum absolute atomic E-state index is 0.720. The van der Waals surface area contributed by atoms with Gasteiger partial charge in [0.05, 0.1) is 0 Å². The van der Waals surface area contributed by atoms with E-state index in [9.17, 15) is 0 Å². The highest BCUT2D eigenvalue weighted by Crippen LogP contribution is 2.34. The maximum absolute atomic E-state index is 2.65. The summed E-state index contributed by atoms with van der Waals surface area (Å²) < 4.78 is 0. The van der Waals surface area contributed by atoms with Gasteiger partial charge in [-0.2, -0.15) is 0 Å². The summed E-state index contributed by atoms with van der Waals surface area (Å²) in [6.45, 7) is 7.16. The smallest absolute Gasteiger partial charge is 0.0442 e. The molecule has 0 spiro atoms. The second-order valence-electron chi connectivity index (χ2n) is 4.56. The Labute approximate surface area is 90.7 Å². The van der Waals surface area contributed by atoms with Crippen molar-refractivity contribution in [2.75, 3.05) is 13.1 Å². The van der Waals surface area contributed by atoms with Crippen LogP contribution in [-0.4, -0.2) is 18.0 Å². The molecule has 1 nitrogen and oxygen atoms in total. The molecule has 1 saturated heterocycles. The van der Waals surface area contributed by atoms with E-state index in [0.717, 1.165) is 12.0 Å². The Kier molecular flexibility index (Phi) is 3.24. The normalized spacial score (nSPS) is 23.5. The Hall–Kier alpha value is -0.340. The summed E-state index contributed by atoms with van der Waals surface area (Å²) in [7, 11) is 0. The molecule has 1 aromatic heterocycles. The van der Waals surface area contributed by atoms with Crippen molar-refractivity contribution in [2.45, 2.75) is 32.7 Å². The standard InChI is InChI=1S/C12H19NS/c1-10(2)9-13-7-3-5-11(13)12-6-4-8-14-12/h4,6,8,10-11H,3,5,7,9H2,1-2H3/t11-/m0/s1. The van der Waals surface area contributed by atoms with E-state index in [1.54, 1.807) is 4.88 Å². The molecule has 2 heterocycles. The summed E-state index contributed by atoms with van der Waals surface area (Å²) in [5.41, 5.74) is 0. The van der Waals surface area contributed by atoms with Crippen molar-refractivity contribution in [1.82, 2.24) is 4.90 Å². The molecule has 0 saturated carbocycles. The number of thiophene rings is 1. The van der Waals surface area contributed by atoms with E-state index in [0.29, 0.717) is 0 Å². The fourth-order valence-electron chi connectivity index (χ4n) is 2.32. The molecule has 1 fully saturated rings. The first-order valence-corrected chi connectivity index (χ1v) is 6.43. The van der Waals surface area contributed by atoms with Crippen LogP contribution in [-0.2, 0) is 0 Å². The van der Waals surface area contributed by atoms with Crippen molar-refractivity contribution in [2.24, 2.45) is 5.92 Å². The van der Waals surface area contributed by atoms with E-state index in [2.05, 4.69) is 36.3 Å². The highest BCUT2D eigenvalue weighted by molar-refractivity contribution is 7.10. The van der Waals surface area contributed by atoms with E-state index >= 15 is 0 Å². The molecular weight excluding hydrogens is 190 g/mol. The van der Waals surface area contributed by atoms with Crippen molar-refractivity contribution in [3.8, 4) is 0 Å². The molecule has 1 aromatic rings. The summed E-state index contributed by atoms with van der Waals surface area (Å²) in [6.07, 6.45) is 2.72. The topological polar surface area (TPSA) is 3.24 Å². The molecule has 0 N–H and O–H groups in total. The van der Waals surface area contributed by atoms with Crippen molar-refractivity contribution < 1.29 is 0 Å². The summed E-state index contributed by atoms with van der Waals surface area (Å²) in [5, 5.41) is 2.20. The SMILES string of the molecule is CC(C)CN1CCC[C@H]1c1cccs1. The average Bonchev–Trinajstić information content (AvgIpc) is 2.70. The Morgan fingerprint density at radius 2 is 2.43 bits per heavy atom. The number of hydrogen-bond donors (Lipinski definition) is 0. The third kappa shape index (κ3) is 2.18. The zero-order valence-corrected chi connectivity index (χ0v) is 9.89. The molecule has 1 atom stereocenters. The van der Waals surface area contributed by atoms with Gasteiger partial charge in [-0.1, -0.05) is 19.9 Å². The summed E-state index contributed by atoms with van der Waals surface area (Å²) in [5.74, 6) is 0.788. The van der Waals surface area contributed by atoms with Crippen LogP contribution in [0, 0.1) is 5.92 Å². The van der Waals surface area contributed by atoms with Gasteiger partial charge in [-0.05, 0) is 36.8 Å².